The van der Waals surface area contributed by atoms with Gasteiger partial charge < -0.3 is 15.4 Å². The quantitative estimate of drug-likeness (QED) is 0.515. The summed E-state index contributed by atoms with van der Waals surface area (Å²) in [5, 5.41) is 14.1. The van der Waals surface area contributed by atoms with Crippen molar-refractivity contribution in [2.75, 3.05) is 18.5 Å². The molecule has 0 unspecified atom stereocenters. The Balaban J connectivity index is 1.87. The molecule has 1 aliphatic rings. The average molecular weight is 386 g/mol. The maximum atomic E-state index is 12.5. The molecule has 1 heterocycles. The smallest absolute Gasteiger partial charge is 0.326 e. The predicted molar refractivity (Wildman–Crippen MR) is 98.9 cm³/mol. The molecule has 1 aromatic rings. The molecule has 1 saturated heterocycles. The summed E-state index contributed by atoms with van der Waals surface area (Å²) in [5.74, 6) is -2.01. The molecule has 9 heteroatoms. The van der Waals surface area contributed by atoms with Crippen LogP contribution in [0.4, 0.5) is 10.5 Å². The van der Waals surface area contributed by atoms with Gasteiger partial charge in [0.2, 0.25) is 0 Å². The van der Waals surface area contributed by atoms with E-state index in [-0.39, 0.29) is 5.56 Å². The molecule has 1 aliphatic heterocycles. The molecule has 0 spiro atoms. The Labute approximate surface area is 162 Å². The highest BCUT2D eigenvalue weighted by Gasteiger charge is 2.47. The molecule has 1 aromatic carbocycles. The van der Waals surface area contributed by atoms with Gasteiger partial charge in [0.05, 0.1) is 11.3 Å². The molecule has 2 N–H and O–H groups in total. The van der Waals surface area contributed by atoms with Crippen LogP contribution < -0.4 is 10.6 Å². The fraction of sp³-hybridized carbons (Fsp3) is 0.421. The van der Waals surface area contributed by atoms with E-state index in [2.05, 4.69) is 10.6 Å². The summed E-state index contributed by atoms with van der Waals surface area (Å²) in [5.41, 5.74) is -0.467. The van der Waals surface area contributed by atoms with Crippen LogP contribution in [-0.4, -0.2) is 47.4 Å². The summed E-state index contributed by atoms with van der Waals surface area (Å²) in [6, 6.07) is 7.66. The number of ether oxygens (including phenoxy) is 1. The number of para-hydroxylation sites is 1. The van der Waals surface area contributed by atoms with Crippen LogP contribution in [0, 0.1) is 11.3 Å². The summed E-state index contributed by atoms with van der Waals surface area (Å²) in [4.78, 5) is 49.2. The van der Waals surface area contributed by atoms with E-state index >= 15 is 0 Å². The molecule has 0 saturated carbocycles. The summed E-state index contributed by atoms with van der Waals surface area (Å²) < 4.78 is 4.85. The van der Waals surface area contributed by atoms with E-state index in [0.717, 1.165) is 17.7 Å². The van der Waals surface area contributed by atoms with Crippen LogP contribution in [0.3, 0.4) is 0 Å². The first-order chi connectivity index (χ1) is 13.3. The van der Waals surface area contributed by atoms with E-state index in [4.69, 9.17) is 10.00 Å². The third-order valence-electron chi connectivity index (χ3n) is 4.35. The first-order valence-electron chi connectivity index (χ1n) is 8.89. The Hall–Kier alpha value is -3.41. The molecule has 0 aromatic heterocycles. The van der Waals surface area contributed by atoms with Gasteiger partial charge in [0.15, 0.2) is 6.61 Å². The minimum atomic E-state index is -1.04. The van der Waals surface area contributed by atoms with E-state index in [1.807, 2.05) is 13.0 Å². The third kappa shape index (κ3) is 4.85. The number of benzene rings is 1. The van der Waals surface area contributed by atoms with Gasteiger partial charge in [0.1, 0.15) is 18.2 Å². The Morgan fingerprint density at radius 2 is 2.04 bits per heavy atom. The number of hydrogen-bond donors (Lipinski definition) is 2. The number of esters is 1. The van der Waals surface area contributed by atoms with E-state index < -0.39 is 42.5 Å². The predicted octanol–water partition coefficient (Wildman–Crippen LogP) is 1.54. The number of anilines is 1. The number of rotatable bonds is 8. The second-order valence-electron chi connectivity index (χ2n) is 6.62. The molecule has 4 amide bonds. The molecular formula is C19H22N4O5. The van der Waals surface area contributed by atoms with Crippen molar-refractivity contribution in [3.05, 3.63) is 29.8 Å². The van der Waals surface area contributed by atoms with E-state index in [0.29, 0.717) is 12.1 Å². The number of nitrogens with zero attached hydrogens (tertiary/aromatic N) is 2. The van der Waals surface area contributed by atoms with Crippen molar-refractivity contribution < 1.29 is 23.9 Å². The van der Waals surface area contributed by atoms with Crippen molar-refractivity contribution in [1.29, 1.82) is 5.26 Å². The van der Waals surface area contributed by atoms with Crippen LogP contribution in [0.25, 0.3) is 0 Å². The molecule has 28 heavy (non-hydrogen) atoms. The standard InChI is InChI=1S/C19H22N4O5/c1-3-4-9-19(2)17(26)23(18(27)22-19)11-16(25)28-12-15(24)21-14-8-6-5-7-13(14)10-20/h5-8H,3-4,9,11-12H2,1-2H3,(H,21,24)(H,22,27)/t19-/m1/s1. The SMILES string of the molecule is CCCC[C@@]1(C)NC(=O)N(CC(=O)OCC(=O)Nc2ccccc2C#N)C1=O. The minimum Gasteiger partial charge on any atom is -0.454 e. The molecule has 0 aliphatic carbocycles. The van der Waals surface area contributed by atoms with Gasteiger partial charge in [-0.2, -0.15) is 5.26 Å². The van der Waals surface area contributed by atoms with Gasteiger partial charge in [-0.1, -0.05) is 31.9 Å². The molecule has 0 bridgehead atoms. The Kier molecular flexibility index (Phi) is 6.71. The largest absolute Gasteiger partial charge is 0.454 e. The van der Waals surface area contributed by atoms with Crippen molar-refractivity contribution in [2.24, 2.45) is 0 Å². The van der Waals surface area contributed by atoms with E-state index in [1.54, 1.807) is 25.1 Å². The van der Waals surface area contributed by atoms with E-state index in [1.165, 1.54) is 6.07 Å². The van der Waals surface area contributed by atoms with Crippen molar-refractivity contribution in [3.8, 4) is 6.07 Å². The fourth-order valence-corrected chi connectivity index (χ4v) is 2.79. The second kappa shape index (κ2) is 8.99. The third-order valence-corrected chi connectivity index (χ3v) is 4.35. The molecular weight excluding hydrogens is 364 g/mol. The van der Waals surface area contributed by atoms with Crippen molar-refractivity contribution in [2.45, 2.75) is 38.6 Å². The van der Waals surface area contributed by atoms with Crippen molar-refractivity contribution in [1.82, 2.24) is 10.2 Å². The Morgan fingerprint density at radius 3 is 2.71 bits per heavy atom. The van der Waals surface area contributed by atoms with Crippen LogP contribution >= 0.6 is 0 Å². The van der Waals surface area contributed by atoms with Crippen LogP contribution in [0.15, 0.2) is 24.3 Å². The van der Waals surface area contributed by atoms with Gasteiger partial charge in [-0.3, -0.25) is 19.3 Å². The highest BCUT2D eigenvalue weighted by molar-refractivity contribution is 6.08. The lowest BCUT2D eigenvalue weighted by Gasteiger charge is -2.21. The van der Waals surface area contributed by atoms with Crippen LogP contribution in [0.1, 0.15) is 38.7 Å². The number of nitriles is 1. The second-order valence-corrected chi connectivity index (χ2v) is 6.62. The lowest BCUT2D eigenvalue weighted by atomic mass is 9.95. The molecule has 148 valence electrons. The highest BCUT2D eigenvalue weighted by Crippen LogP contribution is 2.23. The summed E-state index contributed by atoms with van der Waals surface area (Å²) >= 11 is 0. The first-order valence-corrected chi connectivity index (χ1v) is 8.89. The van der Waals surface area contributed by atoms with Gasteiger partial charge in [0, 0.05) is 0 Å². The normalized spacial score (nSPS) is 18.4. The number of amides is 4. The monoisotopic (exact) mass is 386 g/mol. The van der Waals surface area contributed by atoms with E-state index in [9.17, 15) is 19.2 Å². The Bertz CT molecular complexity index is 832. The highest BCUT2D eigenvalue weighted by atomic mass is 16.5. The lowest BCUT2D eigenvalue weighted by Crippen LogP contribution is -2.44. The zero-order valence-corrected chi connectivity index (χ0v) is 15.8. The Morgan fingerprint density at radius 1 is 1.32 bits per heavy atom. The summed E-state index contributed by atoms with van der Waals surface area (Å²) in [6.07, 6.45) is 2.09. The van der Waals surface area contributed by atoms with Crippen molar-refractivity contribution in [3.63, 3.8) is 0 Å². The lowest BCUT2D eigenvalue weighted by molar-refractivity contribution is -0.150. The van der Waals surface area contributed by atoms with Gasteiger partial charge in [-0.15, -0.1) is 0 Å². The van der Waals surface area contributed by atoms with Crippen LogP contribution in [0.2, 0.25) is 0 Å². The minimum absolute atomic E-state index is 0.271. The van der Waals surface area contributed by atoms with Gasteiger partial charge in [0.25, 0.3) is 11.8 Å². The van der Waals surface area contributed by atoms with Crippen LogP contribution in [-0.2, 0) is 19.1 Å². The average Bonchev–Trinajstić information content (AvgIpc) is 2.88. The number of imide groups is 1. The van der Waals surface area contributed by atoms with Crippen molar-refractivity contribution >= 4 is 29.5 Å². The molecule has 9 nitrogen and oxygen atoms in total. The number of carbonyl (C=O) groups excluding carboxylic acids is 4. The molecule has 0 radical (unpaired) electrons. The maximum Gasteiger partial charge on any atom is 0.326 e. The zero-order valence-electron chi connectivity index (χ0n) is 15.8. The summed E-state index contributed by atoms with van der Waals surface area (Å²) in [6.45, 7) is 2.41. The van der Waals surface area contributed by atoms with Crippen LogP contribution in [0.5, 0.6) is 0 Å². The maximum absolute atomic E-state index is 12.5. The van der Waals surface area contributed by atoms with Gasteiger partial charge in [-0.05, 0) is 25.5 Å². The number of unbranched alkanes of at least 4 members (excludes halogenated alkanes) is 1. The first kappa shape index (κ1) is 20.9. The van der Waals surface area contributed by atoms with Gasteiger partial charge >= 0.3 is 12.0 Å². The number of urea groups is 1. The molecule has 2 rings (SSSR count). The number of hydrogen-bond acceptors (Lipinski definition) is 6. The van der Waals surface area contributed by atoms with Gasteiger partial charge in [-0.25, -0.2) is 4.79 Å². The molecule has 1 fully saturated rings. The zero-order chi connectivity index (χ0) is 20.7. The molecule has 1 atom stereocenters. The topological polar surface area (TPSA) is 129 Å². The number of nitrogens with one attached hydrogen (secondary N) is 2. The fourth-order valence-electron chi connectivity index (χ4n) is 2.79. The number of carbonyl (C=O) groups is 4. The summed E-state index contributed by atoms with van der Waals surface area (Å²) in [7, 11) is 0.